The smallest absolute Gasteiger partial charge is 0.201 e. The second-order valence-corrected chi connectivity index (χ2v) is 5.90. The van der Waals surface area contributed by atoms with E-state index in [9.17, 15) is 4.39 Å². The number of benzene rings is 1. The van der Waals surface area contributed by atoms with E-state index >= 15 is 0 Å². The van der Waals surface area contributed by atoms with Crippen molar-refractivity contribution >= 4 is 28.6 Å². The van der Waals surface area contributed by atoms with E-state index in [4.69, 9.17) is 17.3 Å². The molecule has 1 fully saturated rings. The van der Waals surface area contributed by atoms with Crippen LogP contribution >= 0.6 is 11.6 Å². The van der Waals surface area contributed by atoms with E-state index in [1.807, 2.05) is 4.57 Å². The molecule has 0 atom stereocenters. The Labute approximate surface area is 110 Å². The predicted octanol–water partition coefficient (Wildman–Crippen LogP) is 3.56. The Bertz CT molecular complexity index is 629. The van der Waals surface area contributed by atoms with Gasteiger partial charge < -0.3 is 10.3 Å². The first kappa shape index (κ1) is 11.8. The monoisotopic (exact) mass is 267 g/mol. The van der Waals surface area contributed by atoms with Gasteiger partial charge in [-0.2, -0.15) is 0 Å². The van der Waals surface area contributed by atoms with Crippen molar-refractivity contribution < 1.29 is 4.39 Å². The summed E-state index contributed by atoms with van der Waals surface area (Å²) in [6.07, 6.45) is 2.37. The highest BCUT2D eigenvalue weighted by Gasteiger charge is 2.41. The molecule has 18 heavy (non-hydrogen) atoms. The number of aromatic nitrogens is 2. The number of halogens is 2. The standard InChI is InChI=1S/C13H15ClFN3/c1-13(2,7-3-4-7)18-11-6-9(15)8(14)5-10(11)17-12(18)16/h5-7H,3-4H2,1-2H3,(H2,16,17). The highest BCUT2D eigenvalue weighted by atomic mass is 35.5. The molecule has 96 valence electrons. The molecule has 2 aromatic rings. The Morgan fingerprint density at radius 2 is 2.11 bits per heavy atom. The van der Waals surface area contributed by atoms with Crippen LogP contribution in [-0.2, 0) is 5.54 Å². The van der Waals surface area contributed by atoms with Crippen molar-refractivity contribution in [1.29, 1.82) is 0 Å². The van der Waals surface area contributed by atoms with Crippen molar-refractivity contribution in [3.05, 3.63) is 23.0 Å². The molecule has 3 nitrogen and oxygen atoms in total. The van der Waals surface area contributed by atoms with Gasteiger partial charge in [-0.15, -0.1) is 0 Å². The molecule has 0 spiro atoms. The number of hydrogen-bond donors (Lipinski definition) is 1. The molecule has 0 saturated heterocycles. The predicted molar refractivity (Wildman–Crippen MR) is 71.2 cm³/mol. The normalized spacial score (nSPS) is 16.4. The summed E-state index contributed by atoms with van der Waals surface area (Å²) in [5.74, 6) is 0.566. The van der Waals surface area contributed by atoms with Gasteiger partial charge in [0.25, 0.3) is 0 Å². The van der Waals surface area contributed by atoms with E-state index in [0.717, 1.165) is 0 Å². The molecule has 1 aromatic carbocycles. The lowest BCUT2D eigenvalue weighted by atomic mass is 9.98. The van der Waals surface area contributed by atoms with Crippen molar-refractivity contribution in [2.45, 2.75) is 32.2 Å². The fourth-order valence-electron chi connectivity index (χ4n) is 2.67. The summed E-state index contributed by atoms with van der Waals surface area (Å²) in [4.78, 5) is 4.28. The van der Waals surface area contributed by atoms with E-state index < -0.39 is 5.82 Å². The van der Waals surface area contributed by atoms with Crippen molar-refractivity contribution in [2.24, 2.45) is 5.92 Å². The van der Waals surface area contributed by atoms with Gasteiger partial charge in [-0.1, -0.05) is 11.6 Å². The zero-order valence-corrected chi connectivity index (χ0v) is 11.1. The molecule has 1 aliphatic carbocycles. The molecular formula is C13H15ClFN3. The quantitative estimate of drug-likeness (QED) is 0.904. The van der Waals surface area contributed by atoms with Crippen LogP contribution in [0.25, 0.3) is 11.0 Å². The number of imidazole rings is 1. The van der Waals surface area contributed by atoms with E-state index in [1.54, 1.807) is 0 Å². The second-order valence-electron chi connectivity index (χ2n) is 5.49. The third-order valence-electron chi connectivity index (χ3n) is 3.88. The molecule has 1 aliphatic rings. The van der Waals surface area contributed by atoms with Crippen molar-refractivity contribution in [1.82, 2.24) is 9.55 Å². The van der Waals surface area contributed by atoms with Crippen LogP contribution in [0.1, 0.15) is 26.7 Å². The molecule has 1 aromatic heterocycles. The number of rotatable bonds is 2. The Balaban J connectivity index is 2.28. The van der Waals surface area contributed by atoms with Gasteiger partial charge in [0.1, 0.15) is 5.82 Å². The summed E-state index contributed by atoms with van der Waals surface area (Å²) < 4.78 is 15.6. The Morgan fingerprint density at radius 3 is 2.72 bits per heavy atom. The van der Waals surface area contributed by atoms with Gasteiger partial charge in [-0.05, 0) is 38.7 Å². The van der Waals surface area contributed by atoms with Crippen LogP contribution in [0.5, 0.6) is 0 Å². The van der Waals surface area contributed by atoms with Crippen molar-refractivity contribution in [2.75, 3.05) is 5.73 Å². The maximum absolute atomic E-state index is 13.6. The van der Waals surface area contributed by atoms with Crippen LogP contribution in [0.4, 0.5) is 10.3 Å². The average Bonchev–Trinajstić information content (AvgIpc) is 3.05. The number of fused-ring (bicyclic) bond motifs is 1. The lowest BCUT2D eigenvalue weighted by Crippen LogP contribution is -2.29. The average molecular weight is 268 g/mol. The Morgan fingerprint density at radius 1 is 1.44 bits per heavy atom. The van der Waals surface area contributed by atoms with E-state index in [2.05, 4.69) is 18.8 Å². The highest BCUT2D eigenvalue weighted by Crippen LogP contribution is 2.46. The van der Waals surface area contributed by atoms with E-state index in [1.165, 1.54) is 25.0 Å². The maximum Gasteiger partial charge on any atom is 0.201 e. The molecule has 5 heteroatoms. The number of anilines is 1. The fourth-order valence-corrected chi connectivity index (χ4v) is 2.83. The summed E-state index contributed by atoms with van der Waals surface area (Å²) >= 11 is 5.77. The SMILES string of the molecule is CC(C)(C1CC1)n1c(N)nc2cc(Cl)c(F)cc21. The Hall–Kier alpha value is -1.29. The largest absolute Gasteiger partial charge is 0.369 e. The number of nitrogen functional groups attached to an aromatic ring is 1. The first-order valence-electron chi connectivity index (χ1n) is 6.04. The number of nitrogens with two attached hydrogens (primary N) is 1. The van der Waals surface area contributed by atoms with Crippen LogP contribution in [0, 0.1) is 11.7 Å². The molecule has 2 N–H and O–H groups in total. The molecule has 1 heterocycles. The molecule has 0 aliphatic heterocycles. The van der Waals surface area contributed by atoms with Crippen LogP contribution in [-0.4, -0.2) is 9.55 Å². The molecule has 0 unspecified atom stereocenters. The van der Waals surface area contributed by atoms with E-state index in [0.29, 0.717) is 22.9 Å². The third-order valence-corrected chi connectivity index (χ3v) is 4.16. The lowest BCUT2D eigenvalue weighted by Gasteiger charge is -2.28. The van der Waals surface area contributed by atoms with Crippen LogP contribution in [0.3, 0.4) is 0 Å². The first-order chi connectivity index (χ1) is 8.41. The minimum atomic E-state index is -0.433. The van der Waals surface area contributed by atoms with Crippen molar-refractivity contribution in [3.8, 4) is 0 Å². The van der Waals surface area contributed by atoms with Crippen LogP contribution < -0.4 is 5.73 Å². The number of hydrogen-bond acceptors (Lipinski definition) is 2. The number of nitrogens with zero attached hydrogens (tertiary/aromatic N) is 2. The maximum atomic E-state index is 13.6. The zero-order valence-electron chi connectivity index (χ0n) is 10.4. The van der Waals surface area contributed by atoms with Gasteiger partial charge in [0.2, 0.25) is 5.95 Å². The van der Waals surface area contributed by atoms with Crippen molar-refractivity contribution in [3.63, 3.8) is 0 Å². The fraction of sp³-hybridized carbons (Fsp3) is 0.462. The summed E-state index contributed by atoms with van der Waals surface area (Å²) in [5.41, 5.74) is 7.21. The van der Waals surface area contributed by atoms with Crippen LogP contribution in [0.2, 0.25) is 5.02 Å². The topological polar surface area (TPSA) is 43.8 Å². The summed E-state index contributed by atoms with van der Waals surface area (Å²) in [7, 11) is 0. The minimum absolute atomic E-state index is 0.0800. The third kappa shape index (κ3) is 1.59. The van der Waals surface area contributed by atoms with Crippen LogP contribution in [0.15, 0.2) is 12.1 Å². The summed E-state index contributed by atoms with van der Waals surface area (Å²) in [5, 5.41) is 0.0800. The van der Waals surface area contributed by atoms with Gasteiger partial charge in [0, 0.05) is 11.6 Å². The highest BCUT2D eigenvalue weighted by molar-refractivity contribution is 6.31. The summed E-state index contributed by atoms with van der Waals surface area (Å²) in [6, 6.07) is 2.95. The molecule has 0 amide bonds. The first-order valence-corrected chi connectivity index (χ1v) is 6.42. The Kier molecular flexibility index (Phi) is 2.36. The molecule has 3 rings (SSSR count). The zero-order chi connectivity index (χ0) is 13.1. The molecule has 0 bridgehead atoms. The summed E-state index contributed by atoms with van der Waals surface area (Å²) in [6.45, 7) is 4.24. The minimum Gasteiger partial charge on any atom is -0.369 e. The second kappa shape index (κ2) is 3.60. The van der Waals surface area contributed by atoms with Gasteiger partial charge in [-0.3, -0.25) is 0 Å². The van der Waals surface area contributed by atoms with E-state index in [-0.39, 0.29) is 10.6 Å². The van der Waals surface area contributed by atoms with Gasteiger partial charge in [0.05, 0.1) is 16.1 Å². The van der Waals surface area contributed by atoms with Gasteiger partial charge >= 0.3 is 0 Å². The molecule has 1 saturated carbocycles. The van der Waals surface area contributed by atoms with Gasteiger partial charge in [0.15, 0.2) is 0 Å². The lowest BCUT2D eigenvalue weighted by molar-refractivity contribution is 0.318. The molecular weight excluding hydrogens is 253 g/mol. The molecule has 0 radical (unpaired) electrons. The van der Waals surface area contributed by atoms with Gasteiger partial charge in [-0.25, -0.2) is 9.37 Å².